The Morgan fingerprint density at radius 1 is 1.12 bits per heavy atom. The Hall–Kier alpha value is -1.52. The second kappa shape index (κ2) is 5.53. The Bertz CT molecular complexity index is 455. The summed E-state index contributed by atoms with van der Waals surface area (Å²) >= 11 is 0. The number of likely N-dealkylation sites (N-methyl/N-ethyl adjacent to an activating group) is 1. The number of para-hydroxylation sites is 2. The summed E-state index contributed by atoms with van der Waals surface area (Å²) in [7, 11) is 1.94. The molecule has 0 atom stereocenters. The van der Waals surface area contributed by atoms with E-state index in [0.29, 0.717) is 0 Å². The minimum absolute atomic E-state index is 0.763. The zero-order chi connectivity index (χ0) is 11.2. The van der Waals surface area contributed by atoms with Crippen LogP contribution in [0.15, 0.2) is 30.5 Å². The van der Waals surface area contributed by atoms with Crippen LogP contribution in [0.2, 0.25) is 0 Å². The molecule has 0 unspecified atom stereocenters. The van der Waals surface area contributed by atoms with Crippen LogP contribution in [0.3, 0.4) is 0 Å². The molecule has 2 N–H and O–H groups in total. The lowest BCUT2D eigenvalue weighted by atomic mass is 10.3. The summed E-state index contributed by atoms with van der Waals surface area (Å²) < 4.78 is 0. The van der Waals surface area contributed by atoms with Crippen molar-refractivity contribution in [3.63, 3.8) is 0 Å². The van der Waals surface area contributed by atoms with Gasteiger partial charge in [0, 0.05) is 19.6 Å². The average Bonchev–Trinajstić information content (AvgIpc) is 2.34. The van der Waals surface area contributed by atoms with Gasteiger partial charge in [-0.2, -0.15) is 0 Å². The van der Waals surface area contributed by atoms with Gasteiger partial charge in [-0.15, -0.1) is 0 Å². The molecule has 0 saturated carbocycles. The standard InChI is InChI=1S/C12H16N4/c1-13-6-7-14-8-10-9-15-11-4-2-3-5-12(11)16-10/h2-5,9,13-14H,6-8H2,1H3. The summed E-state index contributed by atoms with van der Waals surface area (Å²) in [5.41, 5.74) is 2.88. The predicted octanol–water partition coefficient (Wildman–Crippen LogP) is 0.939. The highest BCUT2D eigenvalue weighted by Gasteiger charge is 1.98. The second-order valence-electron chi connectivity index (χ2n) is 3.63. The lowest BCUT2D eigenvalue weighted by Gasteiger charge is -2.04. The van der Waals surface area contributed by atoms with Gasteiger partial charge in [-0.25, -0.2) is 4.98 Å². The molecule has 2 rings (SSSR count). The van der Waals surface area contributed by atoms with Crippen LogP contribution in [0, 0.1) is 0 Å². The van der Waals surface area contributed by atoms with Crippen LogP contribution in [-0.4, -0.2) is 30.1 Å². The number of benzene rings is 1. The summed E-state index contributed by atoms with van der Waals surface area (Å²) in [6.45, 7) is 2.66. The molecule has 0 aliphatic rings. The van der Waals surface area contributed by atoms with E-state index in [1.165, 1.54) is 0 Å². The number of nitrogens with zero attached hydrogens (tertiary/aromatic N) is 2. The Labute approximate surface area is 95.1 Å². The van der Waals surface area contributed by atoms with Crippen molar-refractivity contribution in [2.75, 3.05) is 20.1 Å². The molecule has 84 valence electrons. The normalized spacial score (nSPS) is 10.8. The minimum Gasteiger partial charge on any atom is -0.318 e. The fourth-order valence-corrected chi connectivity index (χ4v) is 1.51. The molecule has 4 heteroatoms. The molecule has 0 fully saturated rings. The highest BCUT2D eigenvalue weighted by atomic mass is 14.9. The third-order valence-electron chi connectivity index (χ3n) is 2.36. The van der Waals surface area contributed by atoms with Gasteiger partial charge in [0.2, 0.25) is 0 Å². The van der Waals surface area contributed by atoms with Crippen molar-refractivity contribution < 1.29 is 0 Å². The van der Waals surface area contributed by atoms with E-state index < -0.39 is 0 Å². The van der Waals surface area contributed by atoms with Gasteiger partial charge in [-0.05, 0) is 19.2 Å². The third-order valence-corrected chi connectivity index (χ3v) is 2.36. The van der Waals surface area contributed by atoms with Crippen molar-refractivity contribution in [3.05, 3.63) is 36.2 Å². The largest absolute Gasteiger partial charge is 0.318 e. The predicted molar refractivity (Wildman–Crippen MR) is 65.2 cm³/mol. The molecule has 0 spiro atoms. The molecule has 1 aromatic heterocycles. The van der Waals surface area contributed by atoms with Gasteiger partial charge in [0.15, 0.2) is 0 Å². The molecule has 1 aromatic carbocycles. The Balaban J connectivity index is 2.02. The van der Waals surface area contributed by atoms with E-state index >= 15 is 0 Å². The maximum Gasteiger partial charge on any atom is 0.0890 e. The van der Waals surface area contributed by atoms with Gasteiger partial charge in [0.05, 0.1) is 22.9 Å². The number of hydrogen-bond donors (Lipinski definition) is 2. The number of hydrogen-bond acceptors (Lipinski definition) is 4. The number of nitrogens with one attached hydrogen (secondary N) is 2. The summed E-state index contributed by atoms with van der Waals surface area (Å²) in [5.74, 6) is 0. The highest BCUT2D eigenvalue weighted by Crippen LogP contribution is 2.07. The number of aromatic nitrogens is 2. The molecule has 2 aromatic rings. The zero-order valence-corrected chi connectivity index (χ0v) is 9.40. The molecule has 0 radical (unpaired) electrons. The van der Waals surface area contributed by atoms with E-state index in [1.54, 1.807) is 0 Å². The summed E-state index contributed by atoms with van der Waals surface area (Å²) in [6.07, 6.45) is 1.83. The average molecular weight is 216 g/mol. The molecular formula is C12H16N4. The van der Waals surface area contributed by atoms with Crippen LogP contribution in [0.1, 0.15) is 5.69 Å². The molecule has 0 bridgehead atoms. The van der Waals surface area contributed by atoms with E-state index in [4.69, 9.17) is 0 Å². The van der Waals surface area contributed by atoms with Gasteiger partial charge in [-0.3, -0.25) is 4.98 Å². The van der Waals surface area contributed by atoms with Crippen molar-refractivity contribution in [1.29, 1.82) is 0 Å². The molecule has 16 heavy (non-hydrogen) atoms. The monoisotopic (exact) mass is 216 g/mol. The van der Waals surface area contributed by atoms with Gasteiger partial charge >= 0.3 is 0 Å². The van der Waals surface area contributed by atoms with Crippen molar-refractivity contribution >= 4 is 11.0 Å². The minimum atomic E-state index is 0.763. The SMILES string of the molecule is CNCCNCc1cnc2ccccc2n1. The fourth-order valence-electron chi connectivity index (χ4n) is 1.51. The summed E-state index contributed by atoms with van der Waals surface area (Å²) in [6, 6.07) is 7.91. The van der Waals surface area contributed by atoms with Gasteiger partial charge in [0.25, 0.3) is 0 Å². The molecule has 0 amide bonds. The smallest absolute Gasteiger partial charge is 0.0890 e. The first kappa shape index (κ1) is 11.0. The Morgan fingerprint density at radius 3 is 2.75 bits per heavy atom. The van der Waals surface area contributed by atoms with Gasteiger partial charge in [-0.1, -0.05) is 12.1 Å². The van der Waals surface area contributed by atoms with E-state index in [-0.39, 0.29) is 0 Å². The second-order valence-corrected chi connectivity index (χ2v) is 3.63. The van der Waals surface area contributed by atoms with Crippen LogP contribution < -0.4 is 10.6 Å². The topological polar surface area (TPSA) is 49.8 Å². The van der Waals surface area contributed by atoms with Gasteiger partial charge < -0.3 is 10.6 Å². The Kier molecular flexibility index (Phi) is 3.80. The quantitative estimate of drug-likeness (QED) is 0.730. The van der Waals surface area contributed by atoms with Crippen LogP contribution in [-0.2, 0) is 6.54 Å². The lowest BCUT2D eigenvalue weighted by Crippen LogP contribution is -2.24. The van der Waals surface area contributed by atoms with E-state index in [2.05, 4.69) is 20.6 Å². The van der Waals surface area contributed by atoms with Crippen LogP contribution >= 0.6 is 0 Å². The zero-order valence-electron chi connectivity index (χ0n) is 9.40. The molecule has 0 saturated heterocycles. The first-order valence-corrected chi connectivity index (χ1v) is 5.46. The first-order valence-electron chi connectivity index (χ1n) is 5.46. The van der Waals surface area contributed by atoms with Crippen molar-refractivity contribution in [2.45, 2.75) is 6.54 Å². The van der Waals surface area contributed by atoms with Crippen LogP contribution in [0.5, 0.6) is 0 Å². The van der Waals surface area contributed by atoms with Crippen LogP contribution in [0.4, 0.5) is 0 Å². The highest BCUT2D eigenvalue weighted by molar-refractivity contribution is 5.73. The molecule has 0 aliphatic carbocycles. The maximum absolute atomic E-state index is 4.53. The summed E-state index contributed by atoms with van der Waals surface area (Å²) in [4.78, 5) is 8.89. The summed E-state index contributed by atoms with van der Waals surface area (Å²) in [5, 5.41) is 6.39. The van der Waals surface area contributed by atoms with Crippen molar-refractivity contribution in [3.8, 4) is 0 Å². The number of rotatable bonds is 5. The molecule has 0 aliphatic heterocycles. The van der Waals surface area contributed by atoms with Crippen LogP contribution in [0.25, 0.3) is 11.0 Å². The molecule has 4 nitrogen and oxygen atoms in total. The van der Waals surface area contributed by atoms with Gasteiger partial charge in [0.1, 0.15) is 0 Å². The first-order chi connectivity index (χ1) is 7.90. The van der Waals surface area contributed by atoms with Crippen molar-refractivity contribution in [1.82, 2.24) is 20.6 Å². The molecule has 1 heterocycles. The lowest BCUT2D eigenvalue weighted by molar-refractivity contribution is 0.642. The van der Waals surface area contributed by atoms with E-state index in [9.17, 15) is 0 Å². The third kappa shape index (κ3) is 2.74. The fraction of sp³-hybridized carbons (Fsp3) is 0.333. The number of fused-ring (bicyclic) bond motifs is 1. The van der Waals surface area contributed by atoms with E-state index in [0.717, 1.165) is 36.4 Å². The maximum atomic E-state index is 4.53. The van der Waals surface area contributed by atoms with Crippen molar-refractivity contribution in [2.24, 2.45) is 0 Å². The van der Waals surface area contributed by atoms with E-state index in [1.807, 2.05) is 37.5 Å². The molecular weight excluding hydrogens is 200 g/mol. The Morgan fingerprint density at radius 2 is 1.94 bits per heavy atom.